The number of aliphatic hydroxyl groups is 1. The van der Waals surface area contributed by atoms with Crippen molar-refractivity contribution >= 4 is 5.91 Å². The lowest BCUT2D eigenvalue weighted by molar-refractivity contribution is -0.136. The van der Waals surface area contributed by atoms with Crippen molar-refractivity contribution in [2.75, 3.05) is 19.7 Å². The largest absolute Gasteiger partial charge is 0.491 e. The van der Waals surface area contributed by atoms with Crippen molar-refractivity contribution in [3.63, 3.8) is 0 Å². The normalized spacial score (nSPS) is 16.3. The molecule has 0 atom stereocenters. The van der Waals surface area contributed by atoms with E-state index < -0.39 is 5.60 Å². The number of carbonyl (C=O) groups excluding carboxylic acids is 1. The van der Waals surface area contributed by atoms with Gasteiger partial charge in [0.15, 0.2) is 0 Å². The molecule has 1 aromatic heterocycles. The number of aryl methyl sites for hydroxylation is 3. The van der Waals surface area contributed by atoms with E-state index in [1.165, 1.54) is 11.1 Å². The quantitative estimate of drug-likeness (QED) is 0.784. The van der Waals surface area contributed by atoms with Crippen LogP contribution in [0.4, 0.5) is 0 Å². The Kier molecular flexibility index (Phi) is 6.16. The van der Waals surface area contributed by atoms with Crippen LogP contribution in [0, 0.1) is 13.8 Å². The van der Waals surface area contributed by atoms with Crippen molar-refractivity contribution in [2.45, 2.75) is 51.6 Å². The molecule has 1 fully saturated rings. The molecule has 3 rings (SSSR count). The smallest absolute Gasteiger partial charge is 0.222 e. The summed E-state index contributed by atoms with van der Waals surface area (Å²) in [4.78, 5) is 14.2. The van der Waals surface area contributed by atoms with Crippen LogP contribution >= 0.6 is 0 Å². The highest BCUT2D eigenvalue weighted by molar-refractivity contribution is 5.76. The van der Waals surface area contributed by atoms with Crippen LogP contribution in [-0.4, -0.2) is 51.4 Å². The lowest BCUT2D eigenvalue weighted by atomic mass is 9.92. The molecule has 1 amide bonds. The standard InChI is InChI=1S/C21H29N3O3/c1-16-6-7-19(12-17(16)2)27-15-21(26)8-10-24(11-9-21)20(25)5-3-4-18-13-22-23-14-18/h6-7,12-14,26H,3-5,8-11,15H2,1-2H3,(H,22,23). The summed E-state index contributed by atoms with van der Waals surface area (Å²) in [5.74, 6) is 0.944. The van der Waals surface area contributed by atoms with E-state index in [1.54, 1.807) is 6.20 Å². The van der Waals surface area contributed by atoms with Gasteiger partial charge in [-0.25, -0.2) is 0 Å². The van der Waals surface area contributed by atoms with Crippen molar-refractivity contribution in [2.24, 2.45) is 0 Å². The van der Waals surface area contributed by atoms with Crippen molar-refractivity contribution in [3.8, 4) is 5.75 Å². The molecule has 0 saturated carbocycles. The van der Waals surface area contributed by atoms with Crippen LogP contribution in [0.3, 0.4) is 0 Å². The number of piperidine rings is 1. The van der Waals surface area contributed by atoms with E-state index in [0.29, 0.717) is 32.4 Å². The van der Waals surface area contributed by atoms with Crippen LogP contribution in [0.2, 0.25) is 0 Å². The van der Waals surface area contributed by atoms with Gasteiger partial charge < -0.3 is 14.7 Å². The predicted octanol–water partition coefficient (Wildman–Crippen LogP) is 2.78. The summed E-state index contributed by atoms with van der Waals surface area (Å²) in [5, 5.41) is 17.5. The van der Waals surface area contributed by atoms with E-state index in [2.05, 4.69) is 17.1 Å². The van der Waals surface area contributed by atoms with Crippen molar-refractivity contribution in [1.29, 1.82) is 0 Å². The molecule has 2 N–H and O–H groups in total. The van der Waals surface area contributed by atoms with E-state index in [0.717, 1.165) is 24.2 Å². The number of nitrogens with zero attached hydrogens (tertiary/aromatic N) is 2. The number of hydrogen-bond acceptors (Lipinski definition) is 4. The van der Waals surface area contributed by atoms with Gasteiger partial charge in [0, 0.05) is 25.7 Å². The van der Waals surface area contributed by atoms with Gasteiger partial charge in [0.1, 0.15) is 18.0 Å². The third-order valence-corrected chi connectivity index (χ3v) is 5.44. The second-order valence-electron chi connectivity index (χ2n) is 7.60. The third-order valence-electron chi connectivity index (χ3n) is 5.44. The molecule has 2 heterocycles. The molecule has 0 unspecified atom stereocenters. The molecular weight excluding hydrogens is 342 g/mol. The maximum atomic E-state index is 12.4. The first-order valence-corrected chi connectivity index (χ1v) is 9.63. The van der Waals surface area contributed by atoms with Gasteiger partial charge in [0.05, 0.1) is 6.20 Å². The first-order valence-electron chi connectivity index (χ1n) is 9.63. The molecule has 1 aliphatic heterocycles. The predicted molar refractivity (Wildman–Crippen MR) is 104 cm³/mol. The Morgan fingerprint density at radius 2 is 2.07 bits per heavy atom. The van der Waals surface area contributed by atoms with Gasteiger partial charge in [-0.15, -0.1) is 0 Å². The SMILES string of the molecule is Cc1ccc(OCC2(O)CCN(C(=O)CCCc3cn[nH]c3)CC2)cc1C. The molecule has 146 valence electrons. The molecule has 6 nitrogen and oxygen atoms in total. The average molecular weight is 371 g/mol. The lowest BCUT2D eigenvalue weighted by Gasteiger charge is -2.38. The third kappa shape index (κ3) is 5.32. The van der Waals surface area contributed by atoms with Crippen molar-refractivity contribution in [1.82, 2.24) is 15.1 Å². The maximum Gasteiger partial charge on any atom is 0.222 e. The molecule has 1 saturated heterocycles. The number of aromatic amines is 1. The molecule has 0 radical (unpaired) electrons. The first kappa shape index (κ1) is 19.4. The van der Waals surface area contributed by atoms with Crippen molar-refractivity contribution in [3.05, 3.63) is 47.3 Å². The van der Waals surface area contributed by atoms with E-state index >= 15 is 0 Å². The highest BCUT2D eigenvalue weighted by Gasteiger charge is 2.34. The molecule has 27 heavy (non-hydrogen) atoms. The van der Waals surface area contributed by atoms with Gasteiger partial charge in [-0.2, -0.15) is 5.10 Å². The molecule has 6 heteroatoms. The zero-order valence-corrected chi connectivity index (χ0v) is 16.2. The number of amides is 1. The number of likely N-dealkylation sites (tertiary alicyclic amines) is 1. The topological polar surface area (TPSA) is 78.5 Å². The van der Waals surface area contributed by atoms with E-state index in [4.69, 9.17) is 4.74 Å². The molecule has 0 spiro atoms. The van der Waals surface area contributed by atoms with Crippen LogP contribution < -0.4 is 4.74 Å². The minimum atomic E-state index is -0.869. The fraction of sp³-hybridized carbons (Fsp3) is 0.524. The second-order valence-corrected chi connectivity index (χ2v) is 7.60. The molecular formula is C21H29N3O3. The van der Waals surface area contributed by atoms with Gasteiger partial charge in [-0.1, -0.05) is 6.07 Å². The Morgan fingerprint density at radius 3 is 2.74 bits per heavy atom. The zero-order chi connectivity index (χ0) is 19.3. The summed E-state index contributed by atoms with van der Waals surface area (Å²) in [5.41, 5.74) is 2.65. The Labute approximate surface area is 160 Å². The van der Waals surface area contributed by atoms with Crippen LogP contribution in [0.1, 0.15) is 42.4 Å². The first-order chi connectivity index (χ1) is 13.0. The second kappa shape index (κ2) is 8.57. The molecule has 0 bridgehead atoms. The minimum Gasteiger partial charge on any atom is -0.491 e. The fourth-order valence-corrected chi connectivity index (χ4v) is 3.35. The summed E-state index contributed by atoms with van der Waals surface area (Å²) in [7, 11) is 0. The van der Waals surface area contributed by atoms with Crippen LogP contribution in [0.15, 0.2) is 30.6 Å². The van der Waals surface area contributed by atoms with E-state index in [-0.39, 0.29) is 12.5 Å². The summed E-state index contributed by atoms with van der Waals surface area (Å²) in [6.07, 6.45) is 6.94. The van der Waals surface area contributed by atoms with Gasteiger partial charge in [0.2, 0.25) is 5.91 Å². The van der Waals surface area contributed by atoms with E-state index in [1.807, 2.05) is 36.2 Å². The number of benzene rings is 1. The van der Waals surface area contributed by atoms with Crippen LogP contribution in [-0.2, 0) is 11.2 Å². The monoisotopic (exact) mass is 371 g/mol. The van der Waals surface area contributed by atoms with Crippen LogP contribution in [0.25, 0.3) is 0 Å². The molecule has 2 aromatic rings. The number of rotatable bonds is 7. The van der Waals surface area contributed by atoms with Crippen molar-refractivity contribution < 1.29 is 14.6 Å². The van der Waals surface area contributed by atoms with Gasteiger partial charge in [-0.3, -0.25) is 9.89 Å². The Hall–Kier alpha value is -2.34. The van der Waals surface area contributed by atoms with Gasteiger partial charge in [0.25, 0.3) is 0 Å². The summed E-state index contributed by atoms with van der Waals surface area (Å²) < 4.78 is 5.82. The summed E-state index contributed by atoms with van der Waals surface area (Å²) in [6.45, 7) is 5.54. The Balaban J connectivity index is 1.41. The number of H-pyrrole nitrogens is 1. The van der Waals surface area contributed by atoms with Crippen LogP contribution in [0.5, 0.6) is 5.75 Å². The Bertz CT molecular complexity index is 750. The lowest BCUT2D eigenvalue weighted by Crippen LogP contribution is -2.49. The number of carbonyl (C=O) groups is 1. The maximum absolute atomic E-state index is 12.4. The fourth-order valence-electron chi connectivity index (χ4n) is 3.35. The molecule has 0 aliphatic carbocycles. The summed E-state index contributed by atoms with van der Waals surface area (Å²) >= 11 is 0. The minimum absolute atomic E-state index is 0.163. The number of hydrogen-bond donors (Lipinski definition) is 2. The van der Waals surface area contributed by atoms with Gasteiger partial charge >= 0.3 is 0 Å². The Morgan fingerprint density at radius 1 is 1.30 bits per heavy atom. The summed E-state index contributed by atoms with van der Waals surface area (Å²) in [6, 6.07) is 5.96. The highest BCUT2D eigenvalue weighted by atomic mass is 16.5. The van der Waals surface area contributed by atoms with Gasteiger partial charge in [-0.05, 0) is 68.4 Å². The average Bonchev–Trinajstić information content (AvgIpc) is 3.17. The zero-order valence-electron chi connectivity index (χ0n) is 16.2. The van der Waals surface area contributed by atoms with E-state index in [9.17, 15) is 9.90 Å². The molecule has 1 aromatic carbocycles. The number of nitrogens with one attached hydrogen (secondary N) is 1. The number of aromatic nitrogens is 2. The number of ether oxygens (including phenoxy) is 1. The highest BCUT2D eigenvalue weighted by Crippen LogP contribution is 2.25. The molecule has 1 aliphatic rings.